The lowest BCUT2D eigenvalue weighted by molar-refractivity contribution is 0.322. The van der Waals surface area contributed by atoms with E-state index in [1.165, 1.54) is 5.56 Å². The normalized spacial score (nSPS) is 10.1. The summed E-state index contributed by atoms with van der Waals surface area (Å²) in [4.78, 5) is 0. The fourth-order valence-electron chi connectivity index (χ4n) is 1.32. The molecule has 1 aromatic carbocycles. The van der Waals surface area contributed by atoms with Gasteiger partial charge in [-0.15, -0.1) is 12.3 Å². The van der Waals surface area contributed by atoms with Gasteiger partial charge in [-0.2, -0.15) is 0 Å². The number of hydrogen-bond donors (Lipinski definition) is 1. The maximum Gasteiger partial charge on any atom is 0.123 e. The van der Waals surface area contributed by atoms with Gasteiger partial charge in [-0.25, -0.2) is 0 Å². The molecule has 0 aliphatic heterocycles. The van der Waals surface area contributed by atoms with Gasteiger partial charge in [0.1, 0.15) is 5.75 Å². The second-order valence-electron chi connectivity index (χ2n) is 3.95. The third-order valence-corrected chi connectivity index (χ3v) is 2.18. The molecule has 0 radical (unpaired) electrons. The number of terminal acetylenes is 1. The van der Waals surface area contributed by atoms with Gasteiger partial charge < -0.3 is 10.1 Å². The molecule has 16 heavy (non-hydrogen) atoms. The van der Waals surface area contributed by atoms with Crippen LogP contribution in [0.3, 0.4) is 0 Å². The van der Waals surface area contributed by atoms with Crippen LogP contribution in [-0.4, -0.2) is 12.6 Å². The highest BCUT2D eigenvalue weighted by Crippen LogP contribution is 2.17. The molecular weight excluding hydrogens is 198 g/mol. The first-order valence-corrected chi connectivity index (χ1v) is 5.61. The molecule has 0 atom stereocenters. The molecule has 0 saturated carbocycles. The fourth-order valence-corrected chi connectivity index (χ4v) is 1.32. The van der Waals surface area contributed by atoms with Crippen LogP contribution in [-0.2, 0) is 6.54 Å². The Labute approximate surface area is 98.0 Å². The minimum absolute atomic E-state index is 0.471. The monoisotopic (exact) mass is 217 g/mol. The molecule has 0 aliphatic rings. The quantitative estimate of drug-likeness (QED) is 0.584. The summed E-state index contributed by atoms with van der Waals surface area (Å²) in [6.45, 7) is 5.66. The second-order valence-corrected chi connectivity index (χ2v) is 3.95. The summed E-state index contributed by atoms with van der Waals surface area (Å²) in [5, 5.41) is 3.37. The molecule has 2 heteroatoms. The number of para-hydroxylation sites is 1. The summed E-state index contributed by atoms with van der Waals surface area (Å²) in [6.07, 6.45) is 5.83. The van der Waals surface area contributed by atoms with Crippen molar-refractivity contribution in [2.45, 2.75) is 32.9 Å². The molecule has 1 aromatic rings. The van der Waals surface area contributed by atoms with Gasteiger partial charge in [-0.1, -0.05) is 32.0 Å². The van der Waals surface area contributed by atoms with Gasteiger partial charge in [0.05, 0.1) is 6.61 Å². The van der Waals surface area contributed by atoms with Gasteiger partial charge in [-0.05, 0) is 6.07 Å². The number of rotatable bonds is 6. The number of nitrogens with one attached hydrogen (secondary N) is 1. The van der Waals surface area contributed by atoms with Gasteiger partial charge in [0.25, 0.3) is 0 Å². The van der Waals surface area contributed by atoms with Crippen LogP contribution in [0.5, 0.6) is 5.75 Å². The highest BCUT2D eigenvalue weighted by atomic mass is 16.5. The molecule has 0 spiro atoms. The van der Waals surface area contributed by atoms with Gasteiger partial charge in [0.2, 0.25) is 0 Å². The first-order chi connectivity index (χ1) is 7.74. The minimum Gasteiger partial charge on any atom is -0.492 e. The molecule has 2 nitrogen and oxygen atoms in total. The van der Waals surface area contributed by atoms with Crippen LogP contribution >= 0.6 is 0 Å². The molecule has 1 rings (SSSR count). The topological polar surface area (TPSA) is 21.3 Å². The summed E-state index contributed by atoms with van der Waals surface area (Å²) in [7, 11) is 0. The lowest BCUT2D eigenvalue weighted by Gasteiger charge is -2.12. The van der Waals surface area contributed by atoms with Crippen LogP contribution in [0.1, 0.15) is 25.8 Å². The zero-order valence-corrected chi connectivity index (χ0v) is 9.99. The first-order valence-electron chi connectivity index (χ1n) is 5.61. The SMILES string of the molecule is C#CCCOc1ccccc1CNC(C)C. The van der Waals surface area contributed by atoms with Crippen molar-refractivity contribution in [3.8, 4) is 18.1 Å². The zero-order chi connectivity index (χ0) is 11.8. The maximum absolute atomic E-state index is 5.63. The summed E-state index contributed by atoms with van der Waals surface area (Å²) in [6, 6.07) is 8.52. The molecule has 0 saturated heterocycles. The van der Waals surface area contributed by atoms with E-state index in [4.69, 9.17) is 11.2 Å². The molecule has 0 aromatic heterocycles. The Morgan fingerprint density at radius 3 is 2.81 bits per heavy atom. The Bertz CT molecular complexity index is 352. The Kier molecular flexibility index (Phi) is 5.45. The highest BCUT2D eigenvalue weighted by molar-refractivity contribution is 5.33. The third-order valence-electron chi connectivity index (χ3n) is 2.18. The van der Waals surface area contributed by atoms with E-state index in [9.17, 15) is 0 Å². The summed E-state index contributed by atoms with van der Waals surface area (Å²) in [5.41, 5.74) is 1.17. The number of ether oxygens (including phenoxy) is 1. The Hall–Kier alpha value is -1.46. The van der Waals surface area contributed by atoms with Gasteiger partial charge in [0, 0.05) is 24.6 Å². The molecule has 0 fully saturated rings. The number of benzene rings is 1. The predicted octanol–water partition coefficient (Wildman–Crippen LogP) is 2.59. The Morgan fingerprint density at radius 1 is 1.38 bits per heavy atom. The Balaban J connectivity index is 2.57. The third kappa shape index (κ3) is 4.37. The van der Waals surface area contributed by atoms with E-state index in [-0.39, 0.29) is 0 Å². The van der Waals surface area contributed by atoms with E-state index in [1.807, 2.05) is 18.2 Å². The van der Waals surface area contributed by atoms with E-state index in [0.29, 0.717) is 19.1 Å². The zero-order valence-electron chi connectivity index (χ0n) is 9.99. The lowest BCUT2D eigenvalue weighted by Crippen LogP contribution is -2.22. The largest absolute Gasteiger partial charge is 0.492 e. The standard InChI is InChI=1S/C14H19NO/c1-4-5-10-16-14-9-7-6-8-13(14)11-15-12(2)3/h1,6-9,12,15H,5,10-11H2,2-3H3. The van der Waals surface area contributed by atoms with Crippen molar-refractivity contribution in [2.75, 3.05) is 6.61 Å². The second kappa shape index (κ2) is 6.92. The maximum atomic E-state index is 5.63. The van der Waals surface area contributed by atoms with Crippen molar-refractivity contribution in [1.29, 1.82) is 0 Å². The van der Waals surface area contributed by atoms with Crippen molar-refractivity contribution in [1.82, 2.24) is 5.32 Å². The molecule has 0 amide bonds. The van der Waals surface area contributed by atoms with E-state index < -0.39 is 0 Å². The average Bonchev–Trinajstić information content (AvgIpc) is 2.28. The lowest BCUT2D eigenvalue weighted by atomic mass is 10.2. The summed E-state index contributed by atoms with van der Waals surface area (Å²) < 4.78 is 5.63. The summed E-state index contributed by atoms with van der Waals surface area (Å²) in [5.74, 6) is 3.49. The van der Waals surface area contributed by atoms with Gasteiger partial charge in [0.15, 0.2) is 0 Å². The van der Waals surface area contributed by atoms with Crippen LogP contribution in [0.25, 0.3) is 0 Å². The van der Waals surface area contributed by atoms with Crippen LogP contribution < -0.4 is 10.1 Å². The van der Waals surface area contributed by atoms with Crippen LogP contribution in [0.15, 0.2) is 24.3 Å². The molecule has 86 valence electrons. The number of hydrogen-bond acceptors (Lipinski definition) is 2. The molecule has 0 bridgehead atoms. The van der Waals surface area contributed by atoms with E-state index >= 15 is 0 Å². The fraction of sp³-hybridized carbons (Fsp3) is 0.429. The molecule has 1 N–H and O–H groups in total. The summed E-state index contributed by atoms with van der Waals surface area (Å²) >= 11 is 0. The molecule has 0 unspecified atom stereocenters. The van der Waals surface area contributed by atoms with E-state index in [2.05, 4.69) is 31.2 Å². The van der Waals surface area contributed by atoms with Gasteiger partial charge in [-0.3, -0.25) is 0 Å². The smallest absolute Gasteiger partial charge is 0.123 e. The van der Waals surface area contributed by atoms with E-state index in [1.54, 1.807) is 0 Å². The highest BCUT2D eigenvalue weighted by Gasteiger charge is 2.02. The van der Waals surface area contributed by atoms with Crippen molar-refractivity contribution in [3.05, 3.63) is 29.8 Å². The van der Waals surface area contributed by atoms with Crippen molar-refractivity contribution < 1.29 is 4.74 Å². The van der Waals surface area contributed by atoms with Crippen molar-refractivity contribution in [2.24, 2.45) is 0 Å². The van der Waals surface area contributed by atoms with Crippen LogP contribution in [0.4, 0.5) is 0 Å². The minimum atomic E-state index is 0.471. The molecule has 0 aliphatic carbocycles. The molecular formula is C14H19NO. The van der Waals surface area contributed by atoms with Crippen molar-refractivity contribution in [3.63, 3.8) is 0 Å². The van der Waals surface area contributed by atoms with Crippen LogP contribution in [0.2, 0.25) is 0 Å². The van der Waals surface area contributed by atoms with Crippen LogP contribution in [0, 0.1) is 12.3 Å². The van der Waals surface area contributed by atoms with Crippen molar-refractivity contribution >= 4 is 0 Å². The van der Waals surface area contributed by atoms with E-state index in [0.717, 1.165) is 12.3 Å². The molecule has 0 heterocycles. The first kappa shape index (κ1) is 12.6. The Morgan fingerprint density at radius 2 is 2.12 bits per heavy atom. The van der Waals surface area contributed by atoms with Gasteiger partial charge >= 0.3 is 0 Å². The average molecular weight is 217 g/mol. The predicted molar refractivity (Wildman–Crippen MR) is 67.4 cm³/mol.